The second-order valence-corrected chi connectivity index (χ2v) is 5.47. The topological polar surface area (TPSA) is 29.3 Å². The lowest BCUT2D eigenvalue weighted by Gasteiger charge is -2.36. The molecule has 1 fully saturated rings. The van der Waals surface area contributed by atoms with Gasteiger partial charge in [-0.05, 0) is 24.7 Å². The molecule has 2 unspecified atom stereocenters. The highest BCUT2D eigenvalue weighted by Gasteiger charge is 2.26. The van der Waals surface area contributed by atoms with Crippen LogP contribution in [0.4, 0.5) is 8.78 Å². The molecule has 17 heavy (non-hydrogen) atoms. The number of halogens is 2. The van der Waals surface area contributed by atoms with Gasteiger partial charge in [0, 0.05) is 30.1 Å². The molecule has 1 heterocycles. The fourth-order valence-electron chi connectivity index (χ4n) is 2.03. The standard InChI is InChI=1S/C12H16F2N2S/c1-16-4-5-17-7-11(16)12(15)8-2-3-9(13)10(14)6-8/h2-3,6,11-12H,4-5,7,15H2,1H3. The van der Waals surface area contributed by atoms with E-state index in [0.717, 1.165) is 24.1 Å². The number of thioether (sulfide) groups is 1. The Hall–Kier alpha value is -0.650. The van der Waals surface area contributed by atoms with Gasteiger partial charge in [-0.3, -0.25) is 4.90 Å². The summed E-state index contributed by atoms with van der Waals surface area (Å²) >= 11 is 1.85. The molecule has 0 radical (unpaired) electrons. The van der Waals surface area contributed by atoms with Gasteiger partial charge in [0.25, 0.3) is 0 Å². The minimum Gasteiger partial charge on any atom is -0.323 e. The van der Waals surface area contributed by atoms with E-state index in [-0.39, 0.29) is 12.1 Å². The van der Waals surface area contributed by atoms with E-state index in [0.29, 0.717) is 5.56 Å². The Morgan fingerprint density at radius 2 is 2.18 bits per heavy atom. The summed E-state index contributed by atoms with van der Waals surface area (Å²) in [5, 5.41) is 0. The van der Waals surface area contributed by atoms with Crippen molar-refractivity contribution in [2.24, 2.45) is 5.73 Å². The van der Waals surface area contributed by atoms with Crippen molar-refractivity contribution in [1.82, 2.24) is 4.90 Å². The summed E-state index contributed by atoms with van der Waals surface area (Å²) in [7, 11) is 2.02. The van der Waals surface area contributed by atoms with Crippen molar-refractivity contribution in [3.63, 3.8) is 0 Å². The molecule has 1 aromatic rings. The van der Waals surface area contributed by atoms with Crippen LogP contribution >= 0.6 is 11.8 Å². The Morgan fingerprint density at radius 3 is 2.82 bits per heavy atom. The summed E-state index contributed by atoms with van der Waals surface area (Å²) < 4.78 is 26.0. The van der Waals surface area contributed by atoms with Gasteiger partial charge >= 0.3 is 0 Å². The molecule has 0 aromatic heterocycles. The molecule has 2 rings (SSSR count). The van der Waals surface area contributed by atoms with Crippen LogP contribution in [0.25, 0.3) is 0 Å². The van der Waals surface area contributed by atoms with Gasteiger partial charge < -0.3 is 5.73 Å². The number of rotatable bonds is 2. The first-order chi connectivity index (χ1) is 8.09. The molecule has 2 atom stereocenters. The van der Waals surface area contributed by atoms with Crippen LogP contribution in [0.2, 0.25) is 0 Å². The zero-order chi connectivity index (χ0) is 12.4. The normalized spacial score (nSPS) is 23.6. The first kappa shape index (κ1) is 12.8. The number of benzene rings is 1. The summed E-state index contributed by atoms with van der Waals surface area (Å²) in [6.07, 6.45) is 0. The smallest absolute Gasteiger partial charge is 0.159 e. The van der Waals surface area contributed by atoms with E-state index in [1.807, 2.05) is 18.8 Å². The number of nitrogens with two attached hydrogens (primary N) is 1. The monoisotopic (exact) mass is 258 g/mol. The average molecular weight is 258 g/mol. The molecular weight excluding hydrogens is 242 g/mol. The number of hydrogen-bond donors (Lipinski definition) is 1. The highest BCUT2D eigenvalue weighted by atomic mass is 32.2. The molecular formula is C12H16F2N2S. The summed E-state index contributed by atoms with van der Waals surface area (Å²) in [6.45, 7) is 0.979. The molecule has 1 aliphatic heterocycles. The highest BCUT2D eigenvalue weighted by molar-refractivity contribution is 7.99. The number of likely N-dealkylation sites (N-methyl/N-ethyl adjacent to an activating group) is 1. The minimum absolute atomic E-state index is 0.179. The molecule has 2 nitrogen and oxygen atoms in total. The maximum absolute atomic E-state index is 13.2. The van der Waals surface area contributed by atoms with Crippen LogP contribution < -0.4 is 5.73 Å². The van der Waals surface area contributed by atoms with E-state index in [1.54, 1.807) is 6.07 Å². The van der Waals surface area contributed by atoms with Gasteiger partial charge in [-0.15, -0.1) is 0 Å². The first-order valence-electron chi connectivity index (χ1n) is 5.58. The largest absolute Gasteiger partial charge is 0.323 e. The van der Waals surface area contributed by atoms with E-state index in [9.17, 15) is 8.78 Å². The van der Waals surface area contributed by atoms with Gasteiger partial charge in [0.1, 0.15) is 0 Å². The quantitative estimate of drug-likeness (QED) is 0.880. The zero-order valence-corrected chi connectivity index (χ0v) is 10.5. The minimum atomic E-state index is -0.830. The van der Waals surface area contributed by atoms with E-state index in [1.165, 1.54) is 6.07 Å². The molecule has 2 N–H and O–H groups in total. The van der Waals surface area contributed by atoms with E-state index in [2.05, 4.69) is 4.90 Å². The predicted octanol–water partition coefficient (Wildman–Crippen LogP) is 2.01. The van der Waals surface area contributed by atoms with Crippen LogP contribution in [0.5, 0.6) is 0 Å². The van der Waals surface area contributed by atoms with Crippen LogP contribution in [-0.2, 0) is 0 Å². The molecule has 0 spiro atoms. The Kier molecular flexibility index (Phi) is 4.01. The van der Waals surface area contributed by atoms with Crippen LogP contribution in [0.15, 0.2) is 18.2 Å². The van der Waals surface area contributed by atoms with E-state index < -0.39 is 11.6 Å². The Morgan fingerprint density at radius 1 is 1.41 bits per heavy atom. The SMILES string of the molecule is CN1CCSCC1C(N)c1ccc(F)c(F)c1. The zero-order valence-electron chi connectivity index (χ0n) is 9.70. The first-order valence-corrected chi connectivity index (χ1v) is 6.73. The van der Waals surface area contributed by atoms with Crippen LogP contribution in [0, 0.1) is 11.6 Å². The lowest BCUT2D eigenvalue weighted by Crippen LogP contribution is -2.46. The van der Waals surface area contributed by atoms with E-state index in [4.69, 9.17) is 5.73 Å². The van der Waals surface area contributed by atoms with Crippen molar-refractivity contribution < 1.29 is 8.78 Å². The maximum Gasteiger partial charge on any atom is 0.159 e. The molecule has 1 saturated heterocycles. The summed E-state index contributed by atoms with van der Waals surface area (Å²) in [6, 6.07) is 3.81. The summed E-state index contributed by atoms with van der Waals surface area (Å²) in [5.74, 6) is 0.366. The summed E-state index contributed by atoms with van der Waals surface area (Å²) in [5.41, 5.74) is 6.79. The van der Waals surface area contributed by atoms with Crippen LogP contribution in [0.1, 0.15) is 11.6 Å². The third kappa shape index (κ3) is 2.78. The Labute approximate surface area is 104 Å². The lowest BCUT2D eigenvalue weighted by atomic mass is 10.00. The highest BCUT2D eigenvalue weighted by Crippen LogP contribution is 2.25. The predicted molar refractivity (Wildman–Crippen MR) is 67.0 cm³/mol. The third-order valence-electron chi connectivity index (χ3n) is 3.19. The fraction of sp³-hybridized carbons (Fsp3) is 0.500. The van der Waals surface area contributed by atoms with Crippen molar-refractivity contribution in [3.8, 4) is 0 Å². The van der Waals surface area contributed by atoms with Crippen LogP contribution in [0.3, 0.4) is 0 Å². The van der Waals surface area contributed by atoms with Gasteiger partial charge in [0.05, 0.1) is 0 Å². The molecule has 94 valence electrons. The van der Waals surface area contributed by atoms with E-state index >= 15 is 0 Å². The van der Waals surface area contributed by atoms with Gasteiger partial charge in [0.15, 0.2) is 11.6 Å². The van der Waals surface area contributed by atoms with Gasteiger partial charge in [0.2, 0.25) is 0 Å². The lowest BCUT2D eigenvalue weighted by molar-refractivity contribution is 0.237. The van der Waals surface area contributed by atoms with Crippen molar-refractivity contribution in [2.45, 2.75) is 12.1 Å². The van der Waals surface area contributed by atoms with Crippen LogP contribution in [-0.4, -0.2) is 36.0 Å². The second kappa shape index (κ2) is 5.33. The Balaban J connectivity index is 2.17. The molecule has 0 bridgehead atoms. The summed E-state index contributed by atoms with van der Waals surface area (Å²) in [4.78, 5) is 2.18. The third-order valence-corrected chi connectivity index (χ3v) is 4.23. The Bertz CT molecular complexity index is 400. The van der Waals surface area contributed by atoms with Crippen molar-refractivity contribution in [2.75, 3.05) is 25.1 Å². The number of nitrogens with zero attached hydrogens (tertiary/aromatic N) is 1. The molecule has 5 heteroatoms. The molecule has 0 aliphatic carbocycles. The molecule has 0 saturated carbocycles. The molecule has 0 amide bonds. The van der Waals surface area contributed by atoms with Gasteiger partial charge in [-0.2, -0.15) is 11.8 Å². The van der Waals surface area contributed by atoms with Crippen molar-refractivity contribution in [1.29, 1.82) is 0 Å². The number of hydrogen-bond acceptors (Lipinski definition) is 3. The average Bonchev–Trinajstić information content (AvgIpc) is 2.32. The molecule has 1 aliphatic rings. The maximum atomic E-state index is 13.2. The molecule has 1 aromatic carbocycles. The van der Waals surface area contributed by atoms with Crippen molar-refractivity contribution >= 4 is 11.8 Å². The van der Waals surface area contributed by atoms with Crippen molar-refractivity contribution in [3.05, 3.63) is 35.4 Å². The van der Waals surface area contributed by atoms with Gasteiger partial charge in [-0.1, -0.05) is 6.07 Å². The van der Waals surface area contributed by atoms with Gasteiger partial charge in [-0.25, -0.2) is 8.78 Å². The fourth-order valence-corrected chi connectivity index (χ4v) is 3.31. The second-order valence-electron chi connectivity index (χ2n) is 4.32.